The molecule has 29 heavy (non-hydrogen) atoms. The molecule has 1 aliphatic heterocycles. The molecule has 0 N–H and O–H groups in total. The number of aliphatic imine (C=N–C) groups is 1. The van der Waals surface area contributed by atoms with E-state index in [0.29, 0.717) is 11.3 Å². The van der Waals surface area contributed by atoms with E-state index >= 15 is 0 Å². The first-order valence-corrected chi connectivity index (χ1v) is 8.67. The average Bonchev–Trinajstić information content (AvgIpc) is 2.89. The number of nitrogens with zero attached hydrogens (tertiary/aromatic N) is 4. The molecule has 2 aromatic rings. The number of alkyl halides is 2. The Bertz CT molecular complexity index is 939. The van der Waals surface area contributed by atoms with Gasteiger partial charge in [0.25, 0.3) is 5.91 Å². The molecule has 2 aromatic carbocycles. The van der Waals surface area contributed by atoms with Crippen LogP contribution in [-0.4, -0.2) is 47.8 Å². The maximum atomic E-state index is 12.9. The highest BCUT2D eigenvalue weighted by Crippen LogP contribution is 2.30. The maximum Gasteiger partial charge on any atom is 0.387 e. The summed E-state index contributed by atoms with van der Waals surface area (Å²) in [4.78, 5) is 27.5. The van der Waals surface area contributed by atoms with Crippen LogP contribution in [0.15, 0.2) is 53.5 Å². The van der Waals surface area contributed by atoms with Crippen LogP contribution in [-0.2, 0) is 4.79 Å². The third-order valence-electron chi connectivity index (χ3n) is 4.60. The molecular formula is C19H18F2N4O4. The quantitative estimate of drug-likeness (QED) is 0.419. The topological polar surface area (TPSA) is 88.3 Å². The largest absolute Gasteiger partial charge is 0.427 e. The summed E-state index contributed by atoms with van der Waals surface area (Å²) in [6.45, 7) is -1.34. The van der Waals surface area contributed by atoms with Crippen molar-refractivity contribution in [2.75, 3.05) is 12.1 Å². The normalized spacial score (nSPS) is 20.0. The number of hydrogen-bond donors (Lipinski definition) is 0. The van der Waals surface area contributed by atoms with Crippen LogP contribution in [0.2, 0.25) is 0 Å². The second-order valence-electron chi connectivity index (χ2n) is 6.39. The van der Waals surface area contributed by atoms with Crippen LogP contribution in [0, 0.1) is 10.1 Å². The summed E-state index contributed by atoms with van der Waals surface area (Å²) in [5, 5.41) is 14.4. The van der Waals surface area contributed by atoms with Crippen LogP contribution in [0.3, 0.4) is 0 Å². The van der Waals surface area contributed by atoms with Crippen molar-refractivity contribution in [1.82, 2.24) is 5.01 Å². The average molecular weight is 404 g/mol. The highest BCUT2D eigenvalue weighted by molar-refractivity contribution is 6.00. The van der Waals surface area contributed by atoms with Gasteiger partial charge in [0.15, 0.2) is 0 Å². The Hall–Kier alpha value is -3.40. The van der Waals surface area contributed by atoms with E-state index in [2.05, 4.69) is 9.73 Å². The van der Waals surface area contributed by atoms with Gasteiger partial charge in [0, 0.05) is 19.3 Å². The molecule has 0 aliphatic carbocycles. The molecule has 0 bridgehead atoms. The summed E-state index contributed by atoms with van der Waals surface area (Å²) >= 11 is 0. The van der Waals surface area contributed by atoms with Gasteiger partial charge in [-0.15, -0.1) is 0 Å². The van der Waals surface area contributed by atoms with Gasteiger partial charge >= 0.3 is 12.3 Å². The van der Waals surface area contributed by atoms with Gasteiger partial charge < -0.3 is 4.74 Å². The molecule has 1 amide bonds. The number of halogens is 2. The Morgan fingerprint density at radius 2 is 1.93 bits per heavy atom. The van der Waals surface area contributed by atoms with E-state index in [4.69, 9.17) is 0 Å². The number of hydrogen-bond acceptors (Lipinski definition) is 6. The van der Waals surface area contributed by atoms with Crippen molar-refractivity contribution in [3.05, 3.63) is 64.2 Å². The van der Waals surface area contributed by atoms with E-state index in [1.165, 1.54) is 17.3 Å². The lowest BCUT2D eigenvalue weighted by Gasteiger charge is -2.26. The van der Waals surface area contributed by atoms with Gasteiger partial charge in [0.05, 0.1) is 16.7 Å². The fourth-order valence-electron chi connectivity index (χ4n) is 3.06. The predicted octanol–water partition coefficient (Wildman–Crippen LogP) is 3.27. The second-order valence-corrected chi connectivity index (χ2v) is 6.39. The molecule has 1 heterocycles. The number of amides is 1. The lowest BCUT2D eigenvalue weighted by atomic mass is 10.1. The highest BCUT2D eigenvalue weighted by Gasteiger charge is 2.42. The first kappa shape index (κ1) is 20.3. The van der Waals surface area contributed by atoms with Crippen molar-refractivity contribution >= 4 is 23.5 Å². The lowest BCUT2D eigenvalue weighted by molar-refractivity contribution is -0.386. The van der Waals surface area contributed by atoms with Crippen LogP contribution >= 0.6 is 0 Å². The molecule has 0 spiro atoms. The van der Waals surface area contributed by atoms with Crippen LogP contribution in [0.1, 0.15) is 12.5 Å². The number of nitro benzene ring substituents is 1. The minimum Gasteiger partial charge on any atom is -0.427 e. The number of likely N-dealkylation sites (N-methyl/N-ethyl adjacent to an activating group) is 1. The zero-order chi connectivity index (χ0) is 21.1. The monoisotopic (exact) mass is 404 g/mol. The summed E-state index contributed by atoms with van der Waals surface area (Å²) in [5.41, 5.74) is 0.385. The molecule has 1 aliphatic rings. The molecule has 2 atom stereocenters. The van der Waals surface area contributed by atoms with Crippen molar-refractivity contribution in [2.45, 2.75) is 25.6 Å². The van der Waals surface area contributed by atoms with E-state index in [0.717, 1.165) is 12.1 Å². The first-order chi connectivity index (χ1) is 13.8. The summed E-state index contributed by atoms with van der Waals surface area (Å²) in [6, 6.07) is 11.6. The number of anilines is 1. The zero-order valence-corrected chi connectivity index (χ0v) is 15.6. The molecule has 0 aromatic heterocycles. The van der Waals surface area contributed by atoms with Gasteiger partial charge in [-0.05, 0) is 36.8 Å². The number of carbonyl (C=O) groups is 1. The molecule has 0 saturated carbocycles. The molecule has 152 valence electrons. The summed E-state index contributed by atoms with van der Waals surface area (Å²) in [6.07, 6.45) is 1.32. The number of rotatable bonds is 6. The Kier molecular flexibility index (Phi) is 5.83. The second kappa shape index (κ2) is 8.31. The highest BCUT2D eigenvalue weighted by atomic mass is 19.3. The van der Waals surface area contributed by atoms with Crippen molar-refractivity contribution in [2.24, 2.45) is 4.99 Å². The number of ether oxygens (including phenoxy) is 1. The number of nitro groups is 1. The molecule has 3 rings (SSSR count). The van der Waals surface area contributed by atoms with Gasteiger partial charge in [0.2, 0.25) is 5.75 Å². The van der Waals surface area contributed by atoms with Gasteiger partial charge in [-0.3, -0.25) is 19.9 Å². The SMILES string of the molecule is C[C@@H]1[C@@H](N=Cc2ccc(OC(F)F)c([N+](=O)[O-])c2)C(=O)N(c2ccccc2)N1C. The van der Waals surface area contributed by atoms with Gasteiger partial charge in [-0.25, -0.2) is 10.0 Å². The fraction of sp³-hybridized carbons (Fsp3) is 0.263. The summed E-state index contributed by atoms with van der Waals surface area (Å²) < 4.78 is 29.0. The number of benzene rings is 2. The molecule has 10 heteroatoms. The fourth-order valence-corrected chi connectivity index (χ4v) is 3.06. The Balaban J connectivity index is 1.85. The lowest BCUT2D eigenvalue weighted by Crippen LogP contribution is -2.38. The molecule has 0 radical (unpaired) electrons. The minimum absolute atomic E-state index is 0.241. The minimum atomic E-state index is -3.18. The molecule has 1 saturated heterocycles. The zero-order valence-electron chi connectivity index (χ0n) is 15.6. The summed E-state index contributed by atoms with van der Waals surface area (Å²) in [5.74, 6) is -0.781. The van der Waals surface area contributed by atoms with E-state index in [9.17, 15) is 23.7 Å². The number of carbonyl (C=O) groups excluding carboxylic acids is 1. The first-order valence-electron chi connectivity index (χ1n) is 8.67. The smallest absolute Gasteiger partial charge is 0.387 e. The third kappa shape index (κ3) is 4.21. The molecule has 1 fully saturated rings. The van der Waals surface area contributed by atoms with Crippen molar-refractivity contribution in [3.63, 3.8) is 0 Å². The molecule has 0 unspecified atom stereocenters. The summed E-state index contributed by atoms with van der Waals surface area (Å²) in [7, 11) is 1.77. The van der Waals surface area contributed by atoms with E-state index in [1.807, 2.05) is 25.1 Å². The third-order valence-corrected chi connectivity index (χ3v) is 4.60. The van der Waals surface area contributed by atoms with Crippen molar-refractivity contribution in [3.8, 4) is 5.75 Å². The number of para-hydroxylation sites is 1. The van der Waals surface area contributed by atoms with E-state index < -0.39 is 29.0 Å². The Morgan fingerprint density at radius 1 is 1.24 bits per heavy atom. The molecule has 8 nitrogen and oxygen atoms in total. The predicted molar refractivity (Wildman–Crippen MR) is 102 cm³/mol. The Morgan fingerprint density at radius 3 is 2.55 bits per heavy atom. The van der Waals surface area contributed by atoms with Gasteiger partial charge in [-0.2, -0.15) is 8.78 Å². The van der Waals surface area contributed by atoms with Crippen LogP contribution in [0.4, 0.5) is 20.2 Å². The van der Waals surface area contributed by atoms with Gasteiger partial charge in [0.1, 0.15) is 6.04 Å². The standard InChI is InChI=1S/C19H18F2N4O4/c1-12-17(18(26)24(23(12)2)14-6-4-3-5-7-14)22-11-13-8-9-16(29-19(20)21)15(10-13)25(27)28/h3-12,17,19H,1-2H3/t12-,17-/m1/s1. The molecular weight excluding hydrogens is 386 g/mol. The van der Waals surface area contributed by atoms with Crippen LogP contribution < -0.4 is 9.75 Å². The van der Waals surface area contributed by atoms with Crippen molar-refractivity contribution < 1.29 is 23.2 Å². The van der Waals surface area contributed by atoms with E-state index in [1.54, 1.807) is 24.2 Å². The van der Waals surface area contributed by atoms with Gasteiger partial charge in [-0.1, -0.05) is 18.2 Å². The van der Waals surface area contributed by atoms with Crippen molar-refractivity contribution in [1.29, 1.82) is 0 Å². The van der Waals surface area contributed by atoms with Crippen LogP contribution in [0.5, 0.6) is 5.75 Å². The number of hydrazine groups is 1. The van der Waals surface area contributed by atoms with E-state index in [-0.39, 0.29) is 11.9 Å². The Labute approximate surface area is 165 Å². The maximum absolute atomic E-state index is 12.9. The van der Waals surface area contributed by atoms with Crippen LogP contribution in [0.25, 0.3) is 0 Å².